The molecule has 2 aromatic rings. The largest absolute Gasteiger partial charge is 0.462 e. The molecule has 1 saturated carbocycles. The molecule has 0 unspecified atom stereocenters. The monoisotopic (exact) mass is 425 g/mol. The van der Waals surface area contributed by atoms with Gasteiger partial charge in [0.05, 0.1) is 17.9 Å². The molecule has 2 aliphatic heterocycles. The summed E-state index contributed by atoms with van der Waals surface area (Å²) in [6.45, 7) is 1.76. The van der Waals surface area contributed by atoms with E-state index < -0.39 is 12.6 Å². The number of likely N-dealkylation sites (tertiary alicyclic amines) is 1. The zero-order valence-corrected chi connectivity index (χ0v) is 17.8. The Bertz CT molecular complexity index is 953. The molecular formula is C24H28FN3O3. The number of nitrogens with zero attached hydrogens (tertiary/aromatic N) is 3. The maximum absolute atomic E-state index is 12.7. The summed E-state index contributed by atoms with van der Waals surface area (Å²) in [5.74, 6) is -0.0109. The van der Waals surface area contributed by atoms with Gasteiger partial charge < -0.3 is 14.4 Å². The van der Waals surface area contributed by atoms with Gasteiger partial charge in [-0.25, -0.2) is 4.39 Å². The predicted octanol–water partition coefficient (Wildman–Crippen LogP) is 4.00. The van der Waals surface area contributed by atoms with Gasteiger partial charge in [0.2, 0.25) is 5.79 Å². The molecule has 1 amide bonds. The number of alkyl halides is 1. The van der Waals surface area contributed by atoms with E-state index in [0.29, 0.717) is 12.2 Å². The smallest absolute Gasteiger partial charge is 0.257 e. The highest BCUT2D eigenvalue weighted by Crippen LogP contribution is 2.40. The molecule has 0 radical (unpaired) electrons. The van der Waals surface area contributed by atoms with Crippen LogP contribution in [0.25, 0.3) is 11.3 Å². The van der Waals surface area contributed by atoms with E-state index in [2.05, 4.69) is 9.88 Å². The molecule has 0 atom stereocenters. The van der Waals surface area contributed by atoms with Gasteiger partial charge in [-0.3, -0.25) is 14.7 Å². The Morgan fingerprint density at radius 1 is 1.26 bits per heavy atom. The number of hydrogen-bond acceptors (Lipinski definition) is 5. The Kier molecular flexibility index (Phi) is 5.40. The normalized spacial score (nSPS) is 20.6. The highest BCUT2D eigenvalue weighted by atomic mass is 19.1. The van der Waals surface area contributed by atoms with Gasteiger partial charge in [-0.1, -0.05) is 6.42 Å². The molecule has 1 aliphatic carbocycles. The highest BCUT2D eigenvalue weighted by molar-refractivity contribution is 5.93. The topological polar surface area (TPSA) is 54.9 Å². The molecule has 2 fully saturated rings. The van der Waals surface area contributed by atoms with Crippen LogP contribution >= 0.6 is 0 Å². The van der Waals surface area contributed by atoms with Crippen LogP contribution in [0.4, 0.5) is 4.39 Å². The van der Waals surface area contributed by atoms with Crippen LogP contribution in [-0.4, -0.2) is 59.5 Å². The number of ether oxygens (including phenoxy) is 2. The number of benzene rings is 1. The van der Waals surface area contributed by atoms with E-state index in [1.54, 1.807) is 12.1 Å². The fourth-order valence-corrected chi connectivity index (χ4v) is 4.58. The SMILES string of the molecule is CN(CF)C(=O)c1ccc(-c2ccc3c(c2)COC2(CCN(C4CCC4)CC2)O3)nc1. The molecule has 7 heteroatoms. The van der Waals surface area contributed by atoms with Crippen molar-refractivity contribution in [2.24, 2.45) is 0 Å². The fourth-order valence-electron chi connectivity index (χ4n) is 4.58. The van der Waals surface area contributed by atoms with Gasteiger partial charge in [0, 0.05) is 56.3 Å². The maximum atomic E-state index is 12.7. The predicted molar refractivity (Wildman–Crippen MR) is 114 cm³/mol. The van der Waals surface area contributed by atoms with E-state index >= 15 is 0 Å². The first-order valence-electron chi connectivity index (χ1n) is 11.0. The number of carbonyl (C=O) groups excluding carboxylic acids is 1. The summed E-state index contributed by atoms with van der Waals surface area (Å²) < 4.78 is 25.3. The highest BCUT2D eigenvalue weighted by Gasteiger charge is 2.42. The second kappa shape index (κ2) is 8.20. The van der Waals surface area contributed by atoms with Crippen molar-refractivity contribution in [2.45, 2.75) is 50.5 Å². The summed E-state index contributed by atoms with van der Waals surface area (Å²) in [5, 5.41) is 0. The molecule has 1 saturated heterocycles. The Labute approximate surface area is 182 Å². The number of amides is 1. The molecule has 31 heavy (non-hydrogen) atoms. The lowest BCUT2D eigenvalue weighted by Crippen LogP contribution is -2.54. The Morgan fingerprint density at radius 3 is 2.71 bits per heavy atom. The number of piperidine rings is 1. The molecule has 1 aromatic carbocycles. The zero-order chi connectivity index (χ0) is 21.4. The van der Waals surface area contributed by atoms with E-state index in [1.165, 1.54) is 32.5 Å². The Hall–Kier alpha value is -2.51. The molecule has 0 bridgehead atoms. The Balaban J connectivity index is 1.27. The minimum absolute atomic E-state index is 0.365. The van der Waals surface area contributed by atoms with Crippen LogP contribution in [0, 0.1) is 0 Å². The third kappa shape index (κ3) is 3.92. The first kappa shape index (κ1) is 20.4. The van der Waals surface area contributed by atoms with Crippen LogP contribution in [0.3, 0.4) is 0 Å². The minimum Gasteiger partial charge on any atom is -0.462 e. The van der Waals surface area contributed by atoms with Crippen molar-refractivity contribution in [1.82, 2.24) is 14.8 Å². The molecule has 164 valence electrons. The average molecular weight is 426 g/mol. The van der Waals surface area contributed by atoms with Crippen LogP contribution < -0.4 is 4.74 Å². The maximum Gasteiger partial charge on any atom is 0.257 e. The molecule has 5 rings (SSSR count). The van der Waals surface area contributed by atoms with Crippen molar-refractivity contribution in [3.63, 3.8) is 0 Å². The fraction of sp³-hybridized carbons (Fsp3) is 0.500. The number of aromatic nitrogens is 1. The molecule has 3 heterocycles. The first-order valence-corrected chi connectivity index (χ1v) is 11.0. The van der Waals surface area contributed by atoms with Gasteiger partial charge >= 0.3 is 0 Å². The number of fused-ring (bicyclic) bond motifs is 1. The standard InChI is InChI=1S/C24H28FN3O3/c1-27(16-25)23(29)18-5-7-21(26-14-18)17-6-8-22-19(13-17)15-30-24(31-22)9-11-28(12-10-24)20-3-2-4-20/h5-8,13-14,20H,2-4,9-12,15-16H2,1H3. The quantitative estimate of drug-likeness (QED) is 0.693. The van der Waals surface area contributed by atoms with E-state index in [1.807, 2.05) is 18.2 Å². The van der Waals surface area contributed by atoms with Gasteiger partial charge in [-0.2, -0.15) is 0 Å². The molecule has 0 N–H and O–H groups in total. The minimum atomic E-state index is -0.828. The number of hydrogen-bond donors (Lipinski definition) is 0. The van der Waals surface area contributed by atoms with Crippen LogP contribution in [0.15, 0.2) is 36.5 Å². The summed E-state index contributed by atoms with van der Waals surface area (Å²) >= 11 is 0. The number of carbonyl (C=O) groups is 1. The summed E-state index contributed by atoms with van der Waals surface area (Å²) in [5.41, 5.74) is 3.04. The average Bonchev–Trinajstić information content (AvgIpc) is 2.78. The van der Waals surface area contributed by atoms with E-state index in [-0.39, 0.29) is 5.91 Å². The first-order chi connectivity index (χ1) is 15.1. The molecule has 6 nitrogen and oxygen atoms in total. The van der Waals surface area contributed by atoms with Crippen molar-refractivity contribution in [3.05, 3.63) is 47.7 Å². The molecule has 1 aromatic heterocycles. The zero-order valence-electron chi connectivity index (χ0n) is 17.8. The van der Waals surface area contributed by atoms with Crippen LogP contribution in [0.2, 0.25) is 0 Å². The number of pyridine rings is 1. The molecule has 1 spiro atoms. The van der Waals surface area contributed by atoms with Gasteiger partial charge in [0.1, 0.15) is 5.75 Å². The van der Waals surface area contributed by atoms with Crippen molar-refractivity contribution in [1.29, 1.82) is 0 Å². The summed E-state index contributed by atoms with van der Waals surface area (Å²) in [6.07, 6.45) is 7.30. The van der Waals surface area contributed by atoms with Gasteiger partial charge in [-0.15, -0.1) is 0 Å². The third-order valence-electron chi connectivity index (χ3n) is 6.83. The van der Waals surface area contributed by atoms with Crippen molar-refractivity contribution in [2.75, 3.05) is 26.9 Å². The Morgan fingerprint density at radius 2 is 2.06 bits per heavy atom. The van der Waals surface area contributed by atoms with Crippen molar-refractivity contribution in [3.8, 4) is 17.0 Å². The van der Waals surface area contributed by atoms with Crippen molar-refractivity contribution < 1.29 is 18.7 Å². The summed E-state index contributed by atoms with van der Waals surface area (Å²) in [6, 6.07) is 10.2. The number of rotatable bonds is 4. The third-order valence-corrected chi connectivity index (χ3v) is 6.83. The van der Waals surface area contributed by atoms with E-state index in [4.69, 9.17) is 9.47 Å². The van der Waals surface area contributed by atoms with Gasteiger partial charge in [-0.05, 0) is 43.2 Å². The summed E-state index contributed by atoms with van der Waals surface area (Å²) in [7, 11) is 1.42. The summed E-state index contributed by atoms with van der Waals surface area (Å²) in [4.78, 5) is 20.0. The molecule has 3 aliphatic rings. The lowest BCUT2D eigenvalue weighted by molar-refractivity contribution is -0.231. The molecular weight excluding hydrogens is 397 g/mol. The van der Waals surface area contributed by atoms with Crippen molar-refractivity contribution >= 4 is 5.91 Å². The van der Waals surface area contributed by atoms with E-state index in [9.17, 15) is 9.18 Å². The number of halogens is 1. The van der Waals surface area contributed by atoms with Gasteiger partial charge in [0.25, 0.3) is 5.91 Å². The lowest BCUT2D eigenvalue weighted by atomic mass is 9.89. The second-order valence-electron chi connectivity index (χ2n) is 8.80. The van der Waals surface area contributed by atoms with E-state index in [0.717, 1.165) is 59.4 Å². The second-order valence-corrected chi connectivity index (χ2v) is 8.80. The van der Waals surface area contributed by atoms with Crippen LogP contribution in [0.1, 0.15) is 48.0 Å². The van der Waals surface area contributed by atoms with Crippen LogP contribution in [-0.2, 0) is 11.3 Å². The lowest BCUT2D eigenvalue weighted by Gasteiger charge is -2.47. The van der Waals surface area contributed by atoms with Gasteiger partial charge in [0.15, 0.2) is 6.80 Å². The van der Waals surface area contributed by atoms with Crippen LogP contribution in [0.5, 0.6) is 5.75 Å².